The van der Waals surface area contributed by atoms with Gasteiger partial charge in [0, 0.05) is 139 Å². The summed E-state index contributed by atoms with van der Waals surface area (Å²) in [6, 6.07) is 89.3. The van der Waals surface area contributed by atoms with Gasteiger partial charge in [-0.05, 0) is 132 Å². The number of aromatic nitrogens is 4. The largest absolute Gasteiger partial charge is 0.493 e. The van der Waals surface area contributed by atoms with E-state index in [1.165, 1.54) is 61.6 Å². The van der Waals surface area contributed by atoms with Crippen molar-refractivity contribution >= 4 is 91.5 Å². The van der Waals surface area contributed by atoms with E-state index in [2.05, 4.69) is 384 Å². The first-order valence-electron chi connectivity index (χ1n) is 35.7. The van der Waals surface area contributed by atoms with Gasteiger partial charge in [-0.3, -0.25) is 0 Å². The SMILES string of the molecule is Cc1ccccc1N1[CH-]N(c2[c-]ccc(C(C)(C)C)c2)c2ccccc21.Cc1ccccc1N1[CH-]N(c2[c-]ccc(C(C)(C)C)c2)c2cccnc21.Cc1ccccc1N1[CH-]N(c2[c-]ccc(C(C)(C)C)c2)c2ncccc21.Cc1ccccc1N1[CH-]N(c2[c-]ccc(C(C)(C)C)c2)c2nccnc21.[Ir].[Ir].[Ir].[Ir]. The molecule has 4 radical (unpaired) electrons. The molecule has 12 nitrogen and oxygen atoms in total. The molecule has 0 atom stereocenters. The summed E-state index contributed by atoms with van der Waals surface area (Å²) in [7, 11) is 0. The first-order valence-corrected chi connectivity index (χ1v) is 35.7. The van der Waals surface area contributed by atoms with E-state index in [1.54, 1.807) is 12.4 Å². The van der Waals surface area contributed by atoms with Crippen LogP contribution < -0.4 is 39.2 Å². The second-order valence-electron chi connectivity index (χ2n) is 30.8. The molecule has 12 aromatic rings. The Bertz CT molecular complexity index is 4410. The van der Waals surface area contributed by atoms with Gasteiger partial charge >= 0.3 is 0 Å². The van der Waals surface area contributed by atoms with Crippen LogP contribution in [-0.4, -0.2) is 19.9 Å². The summed E-state index contributed by atoms with van der Waals surface area (Å²) in [6.07, 6.45) is 7.15. The van der Waals surface area contributed by atoms with Gasteiger partial charge in [0.25, 0.3) is 0 Å². The van der Waals surface area contributed by atoms with Crippen LogP contribution in [0.25, 0.3) is 0 Å². The van der Waals surface area contributed by atoms with Crippen molar-refractivity contribution in [1.82, 2.24) is 19.9 Å². The second-order valence-corrected chi connectivity index (χ2v) is 30.8. The zero-order valence-corrected chi connectivity index (χ0v) is 73.7. The van der Waals surface area contributed by atoms with Gasteiger partial charge in [-0.1, -0.05) is 168 Å². The molecule has 0 saturated heterocycles. The summed E-state index contributed by atoms with van der Waals surface area (Å²) in [6.45, 7) is 43.7. The third-order valence-electron chi connectivity index (χ3n) is 19.1. The normalized spacial score (nSPS) is 13.3. The molecular weight excluding hydrogens is 2040 g/mol. The first-order chi connectivity index (χ1) is 49.8. The van der Waals surface area contributed by atoms with E-state index in [0.29, 0.717) is 0 Å². The standard InChI is InChI=1S/C24H24N2.2C23H23N3.C22H22N4.4Ir/c1-18-10-5-6-13-21(18)26-17-25(22-14-7-8-15-23(22)26)20-12-9-11-19(16-20)24(2,3)4;1-17-9-5-6-12-20(17)26-16-25(22-21(26)13-8-14-24-22)19-11-7-10-18(15-19)23(2,3)4;1-17-9-5-6-12-20(17)26-16-25(21-13-8-14-24-22(21)26)19-11-7-10-18(15-19)23(2,3)4;1-16-8-5-6-11-19(16)26-15-25(20-21(26)24-13-12-23-20)18-10-7-9-17(14-18)22(2,3)4;;;;/h5-11,13-17H,1-4H3;2*5-10,12-16H,1-4H3;5-9,11-15H,1-4H3;;;;/q4*-2;;;;. The number of para-hydroxylation sites is 6. The predicted octanol–water partition coefficient (Wildman–Crippen LogP) is 23.6. The van der Waals surface area contributed by atoms with Gasteiger partial charge in [-0.15, -0.1) is 73.7 Å². The maximum Gasteiger partial charge on any atom is 0.145 e. The Morgan fingerprint density at radius 3 is 0.843 bits per heavy atom. The van der Waals surface area contributed by atoms with Gasteiger partial charge in [0.05, 0.1) is 11.4 Å². The van der Waals surface area contributed by atoms with Crippen LogP contribution in [0.2, 0.25) is 0 Å². The minimum atomic E-state index is 0. The van der Waals surface area contributed by atoms with Crippen LogP contribution in [-0.2, 0) is 102 Å². The molecule has 7 heterocycles. The summed E-state index contributed by atoms with van der Waals surface area (Å²) < 4.78 is 0. The third-order valence-corrected chi connectivity index (χ3v) is 19.1. The van der Waals surface area contributed by atoms with E-state index in [0.717, 1.165) is 74.5 Å². The number of fused-ring (bicyclic) bond motifs is 4. The van der Waals surface area contributed by atoms with Crippen LogP contribution in [0.15, 0.2) is 243 Å². The molecule has 3 aromatic heterocycles. The molecule has 9 aromatic carbocycles. The van der Waals surface area contributed by atoms with Gasteiger partial charge in [0.15, 0.2) is 0 Å². The minimum Gasteiger partial charge on any atom is -0.493 e. The van der Waals surface area contributed by atoms with Gasteiger partial charge < -0.3 is 39.2 Å². The van der Waals surface area contributed by atoms with Crippen molar-refractivity contribution in [2.24, 2.45) is 0 Å². The van der Waals surface area contributed by atoms with Crippen LogP contribution in [0.1, 0.15) is 128 Å². The maximum absolute atomic E-state index is 4.65. The van der Waals surface area contributed by atoms with Crippen molar-refractivity contribution in [1.29, 1.82) is 0 Å². The van der Waals surface area contributed by atoms with Crippen molar-refractivity contribution in [3.8, 4) is 0 Å². The summed E-state index contributed by atoms with van der Waals surface area (Å²) in [5.41, 5.74) is 23.6. The zero-order chi connectivity index (χ0) is 73.2. The van der Waals surface area contributed by atoms with Gasteiger partial charge in [-0.2, -0.15) is 95.1 Å². The molecule has 0 bridgehead atoms. The molecule has 0 N–H and O–H groups in total. The van der Waals surface area contributed by atoms with Gasteiger partial charge in [-0.25, -0.2) is 19.9 Å². The van der Waals surface area contributed by atoms with Crippen LogP contribution in [0.4, 0.5) is 91.5 Å². The smallest absolute Gasteiger partial charge is 0.145 e. The number of aryl methyl sites for hydroxylation is 4. The molecule has 0 fully saturated rings. The Morgan fingerprint density at radius 1 is 0.241 bits per heavy atom. The molecule has 108 heavy (non-hydrogen) atoms. The van der Waals surface area contributed by atoms with E-state index < -0.39 is 0 Å². The Balaban J connectivity index is 0.000000164. The number of benzene rings is 9. The van der Waals surface area contributed by atoms with E-state index in [9.17, 15) is 0 Å². The van der Waals surface area contributed by atoms with E-state index in [4.69, 9.17) is 0 Å². The average Bonchev–Trinajstić information content (AvgIpc) is 1.64. The third kappa shape index (κ3) is 18.1. The minimum absolute atomic E-state index is 0. The summed E-state index contributed by atoms with van der Waals surface area (Å²) in [5.74, 6) is 3.52. The molecule has 564 valence electrons. The fourth-order valence-corrected chi connectivity index (χ4v) is 13.0. The number of anilines is 16. The number of hydrogen-bond donors (Lipinski definition) is 0. The summed E-state index contributed by atoms with van der Waals surface area (Å²) in [4.78, 5) is 35.8. The van der Waals surface area contributed by atoms with Crippen LogP contribution in [0.3, 0.4) is 0 Å². The fourth-order valence-electron chi connectivity index (χ4n) is 13.0. The van der Waals surface area contributed by atoms with Crippen LogP contribution in [0.5, 0.6) is 0 Å². The van der Waals surface area contributed by atoms with E-state index in [-0.39, 0.29) is 102 Å². The Hall–Kier alpha value is -8.64. The average molecular weight is 2130 g/mol. The molecule has 0 aliphatic carbocycles. The molecule has 4 aliphatic rings. The zero-order valence-electron chi connectivity index (χ0n) is 64.1. The Kier molecular flexibility index (Phi) is 27.0. The maximum atomic E-state index is 4.65. The molecule has 0 amide bonds. The van der Waals surface area contributed by atoms with Crippen LogP contribution >= 0.6 is 0 Å². The summed E-state index contributed by atoms with van der Waals surface area (Å²) in [5, 5.41) is 0. The molecule has 16 heteroatoms. The Morgan fingerprint density at radius 2 is 0.472 bits per heavy atom. The van der Waals surface area contributed by atoms with E-state index in [1.807, 2.05) is 67.6 Å². The fraction of sp³-hybridized carbons (Fsp3) is 0.217. The van der Waals surface area contributed by atoms with Gasteiger partial charge in [0.2, 0.25) is 0 Å². The molecule has 4 aliphatic heterocycles. The van der Waals surface area contributed by atoms with Crippen molar-refractivity contribution in [2.45, 2.75) is 132 Å². The number of hydrogen-bond acceptors (Lipinski definition) is 12. The van der Waals surface area contributed by atoms with Crippen molar-refractivity contribution in [3.63, 3.8) is 0 Å². The summed E-state index contributed by atoms with van der Waals surface area (Å²) >= 11 is 0. The number of rotatable bonds is 8. The van der Waals surface area contributed by atoms with E-state index >= 15 is 0 Å². The van der Waals surface area contributed by atoms with Crippen LogP contribution in [0, 0.1) is 78.6 Å². The number of pyridine rings is 2. The second kappa shape index (κ2) is 34.9. The monoisotopic (exact) mass is 2140 g/mol. The molecule has 0 saturated carbocycles. The predicted molar refractivity (Wildman–Crippen MR) is 432 cm³/mol. The number of nitrogens with zero attached hydrogens (tertiary/aromatic N) is 12. The topological polar surface area (TPSA) is 77.5 Å². The van der Waals surface area contributed by atoms with Gasteiger partial charge in [0.1, 0.15) is 23.3 Å². The first kappa shape index (κ1) is 83.4. The van der Waals surface area contributed by atoms with Crippen molar-refractivity contribution < 1.29 is 80.4 Å². The molecule has 0 unspecified atom stereocenters. The molecular formula is C92H92Ir4N12-8. The Labute approximate surface area is 696 Å². The molecule has 0 spiro atoms. The van der Waals surface area contributed by atoms with Crippen molar-refractivity contribution in [3.05, 3.63) is 339 Å². The quantitative estimate of drug-likeness (QED) is 0.136. The van der Waals surface area contributed by atoms with Crippen molar-refractivity contribution in [2.75, 3.05) is 39.2 Å². The molecule has 16 rings (SSSR count).